The molecule has 0 aliphatic carbocycles. The van der Waals surface area contributed by atoms with E-state index >= 15 is 0 Å². The van der Waals surface area contributed by atoms with Crippen LogP contribution in [0.15, 0.2) is 55.1 Å². The summed E-state index contributed by atoms with van der Waals surface area (Å²) in [7, 11) is 0. The molecule has 0 radical (unpaired) electrons. The lowest BCUT2D eigenvalue weighted by Gasteiger charge is -2.17. The highest BCUT2D eigenvalue weighted by atomic mass is 16.2. The molecule has 0 saturated carbocycles. The number of H-pyrrole nitrogens is 1. The maximum Gasteiger partial charge on any atom is 0.253 e. The first-order chi connectivity index (χ1) is 11.8. The van der Waals surface area contributed by atoms with Crippen molar-refractivity contribution in [3.8, 4) is 11.4 Å². The Labute approximate surface area is 139 Å². The molecule has 1 aliphatic rings. The SMILES string of the molecule is O=C(c1cccc(-c2ncn[nH]2)c1)N1CCC(c2ccncc2)C1. The van der Waals surface area contributed by atoms with E-state index in [0.29, 0.717) is 17.3 Å². The van der Waals surface area contributed by atoms with E-state index in [2.05, 4.69) is 20.2 Å². The van der Waals surface area contributed by atoms with Gasteiger partial charge in [0, 0.05) is 42.5 Å². The summed E-state index contributed by atoms with van der Waals surface area (Å²) in [6.07, 6.45) is 6.06. The van der Waals surface area contributed by atoms with Crippen molar-refractivity contribution in [1.82, 2.24) is 25.1 Å². The van der Waals surface area contributed by atoms with Gasteiger partial charge >= 0.3 is 0 Å². The van der Waals surface area contributed by atoms with Gasteiger partial charge in [0.25, 0.3) is 5.91 Å². The first kappa shape index (κ1) is 14.6. The second-order valence-electron chi connectivity index (χ2n) is 5.93. The van der Waals surface area contributed by atoms with Gasteiger partial charge in [-0.1, -0.05) is 12.1 Å². The average Bonchev–Trinajstić information content (AvgIpc) is 3.34. The highest BCUT2D eigenvalue weighted by Gasteiger charge is 2.28. The molecule has 120 valence electrons. The van der Waals surface area contributed by atoms with Gasteiger partial charge in [0.1, 0.15) is 6.33 Å². The van der Waals surface area contributed by atoms with Crippen LogP contribution in [0.1, 0.15) is 28.3 Å². The maximum absolute atomic E-state index is 12.8. The number of carbonyl (C=O) groups is 1. The number of benzene rings is 1. The lowest BCUT2D eigenvalue weighted by molar-refractivity contribution is 0.0791. The summed E-state index contributed by atoms with van der Waals surface area (Å²) < 4.78 is 0. The van der Waals surface area contributed by atoms with Crippen LogP contribution in [0.4, 0.5) is 0 Å². The second kappa shape index (κ2) is 6.23. The number of amides is 1. The van der Waals surface area contributed by atoms with E-state index in [0.717, 1.165) is 25.1 Å². The Bertz CT molecular complexity index is 832. The zero-order chi connectivity index (χ0) is 16.4. The fourth-order valence-electron chi connectivity index (χ4n) is 3.18. The Morgan fingerprint density at radius 1 is 1.21 bits per heavy atom. The first-order valence-electron chi connectivity index (χ1n) is 7.96. The molecule has 0 spiro atoms. The minimum absolute atomic E-state index is 0.0629. The number of rotatable bonds is 3. The highest BCUT2D eigenvalue weighted by Crippen LogP contribution is 2.28. The number of pyridine rings is 1. The van der Waals surface area contributed by atoms with Crippen LogP contribution in [0.3, 0.4) is 0 Å². The Hall–Kier alpha value is -3.02. The van der Waals surface area contributed by atoms with E-state index in [4.69, 9.17) is 0 Å². The number of carbonyl (C=O) groups excluding carboxylic acids is 1. The van der Waals surface area contributed by atoms with Gasteiger partial charge in [-0.3, -0.25) is 14.9 Å². The van der Waals surface area contributed by atoms with Crippen molar-refractivity contribution in [2.75, 3.05) is 13.1 Å². The summed E-state index contributed by atoms with van der Waals surface area (Å²) in [4.78, 5) is 22.9. The monoisotopic (exact) mass is 319 g/mol. The molecule has 1 unspecified atom stereocenters. The molecule has 1 atom stereocenters. The van der Waals surface area contributed by atoms with E-state index in [1.54, 1.807) is 12.4 Å². The molecule has 1 N–H and O–H groups in total. The number of likely N-dealkylation sites (tertiary alicyclic amines) is 1. The van der Waals surface area contributed by atoms with Crippen LogP contribution in [-0.4, -0.2) is 44.1 Å². The van der Waals surface area contributed by atoms with Gasteiger partial charge in [0.05, 0.1) is 0 Å². The molecule has 1 aliphatic heterocycles. The lowest BCUT2D eigenvalue weighted by Crippen LogP contribution is -2.28. The molecule has 0 bridgehead atoms. The minimum atomic E-state index is 0.0629. The lowest BCUT2D eigenvalue weighted by atomic mass is 10.00. The largest absolute Gasteiger partial charge is 0.338 e. The normalized spacial score (nSPS) is 17.2. The Morgan fingerprint density at radius 3 is 2.88 bits per heavy atom. The fourth-order valence-corrected chi connectivity index (χ4v) is 3.18. The van der Waals surface area contributed by atoms with Crippen LogP contribution < -0.4 is 0 Å². The van der Waals surface area contributed by atoms with Gasteiger partial charge in [-0.25, -0.2) is 4.98 Å². The number of hydrogen-bond acceptors (Lipinski definition) is 4. The van der Waals surface area contributed by atoms with E-state index < -0.39 is 0 Å². The van der Waals surface area contributed by atoms with Crippen molar-refractivity contribution in [3.63, 3.8) is 0 Å². The third-order valence-corrected chi connectivity index (χ3v) is 4.45. The molecule has 1 saturated heterocycles. The zero-order valence-corrected chi connectivity index (χ0v) is 13.1. The predicted molar refractivity (Wildman–Crippen MR) is 89.3 cm³/mol. The molecular weight excluding hydrogens is 302 g/mol. The van der Waals surface area contributed by atoms with Crippen molar-refractivity contribution >= 4 is 5.91 Å². The summed E-state index contributed by atoms with van der Waals surface area (Å²) >= 11 is 0. The molecule has 2 aromatic heterocycles. The van der Waals surface area contributed by atoms with Crippen LogP contribution in [0.2, 0.25) is 0 Å². The standard InChI is InChI=1S/C18H17N5O/c24-18(15-3-1-2-14(10-15)17-20-12-21-22-17)23-9-6-16(11-23)13-4-7-19-8-5-13/h1-5,7-8,10,12,16H,6,9,11H2,(H,20,21,22). The van der Waals surface area contributed by atoms with Crippen molar-refractivity contribution < 1.29 is 4.79 Å². The number of hydrogen-bond donors (Lipinski definition) is 1. The maximum atomic E-state index is 12.8. The molecule has 1 aromatic carbocycles. The van der Waals surface area contributed by atoms with Crippen molar-refractivity contribution in [3.05, 3.63) is 66.2 Å². The molecule has 3 aromatic rings. The fraction of sp³-hybridized carbons (Fsp3) is 0.222. The van der Waals surface area contributed by atoms with Crippen LogP contribution in [-0.2, 0) is 0 Å². The zero-order valence-electron chi connectivity index (χ0n) is 13.1. The molecule has 3 heterocycles. The van der Waals surface area contributed by atoms with E-state index in [1.807, 2.05) is 41.3 Å². The third-order valence-electron chi connectivity index (χ3n) is 4.45. The van der Waals surface area contributed by atoms with Gasteiger partial charge < -0.3 is 4.90 Å². The minimum Gasteiger partial charge on any atom is -0.338 e. The molecule has 4 rings (SSSR count). The van der Waals surface area contributed by atoms with Gasteiger partial charge in [0.15, 0.2) is 5.82 Å². The van der Waals surface area contributed by atoms with Crippen molar-refractivity contribution in [2.45, 2.75) is 12.3 Å². The first-order valence-corrected chi connectivity index (χ1v) is 7.96. The predicted octanol–water partition coefficient (Wildman–Crippen LogP) is 2.50. The number of nitrogens with one attached hydrogen (secondary N) is 1. The summed E-state index contributed by atoms with van der Waals surface area (Å²) in [5.41, 5.74) is 2.79. The smallest absolute Gasteiger partial charge is 0.253 e. The van der Waals surface area contributed by atoms with E-state index in [9.17, 15) is 4.79 Å². The van der Waals surface area contributed by atoms with Gasteiger partial charge in [-0.15, -0.1) is 0 Å². The third kappa shape index (κ3) is 2.78. The molecule has 6 nitrogen and oxygen atoms in total. The summed E-state index contributed by atoms with van der Waals surface area (Å²) in [6.45, 7) is 1.52. The summed E-state index contributed by atoms with van der Waals surface area (Å²) in [5, 5.41) is 6.68. The Kier molecular flexibility index (Phi) is 3.78. The van der Waals surface area contributed by atoms with Crippen LogP contribution in [0.25, 0.3) is 11.4 Å². The number of aromatic nitrogens is 4. The van der Waals surface area contributed by atoms with Gasteiger partial charge in [-0.2, -0.15) is 5.10 Å². The molecule has 1 amide bonds. The Balaban J connectivity index is 1.52. The van der Waals surface area contributed by atoms with Crippen LogP contribution >= 0.6 is 0 Å². The molecule has 6 heteroatoms. The number of aromatic amines is 1. The average molecular weight is 319 g/mol. The van der Waals surface area contributed by atoms with Crippen molar-refractivity contribution in [2.24, 2.45) is 0 Å². The van der Waals surface area contributed by atoms with E-state index in [-0.39, 0.29) is 5.91 Å². The van der Waals surface area contributed by atoms with Crippen molar-refractivity contribution in [1.29, 1.82) is 0 Å². The van der Waals surface area contributed by atoms with Crippen LogP contribution in [0.5, 0.6) is 0 Å². The second-order valence-corrected chi connectivity index (χ2v) is 5.93. The quantitative estimate of drug-likeness (QED) is 0.805. The summed E-state index contributed by atoms with van der Waals surface area (Å²) in [6, 6.07) is 11.6. The molecule has 24 heavy (non-hydrogen) atoms. The highest BCUT2D eigenvalue weighted by molar-refractivity contribution is 5.95. The summed E-state index contributed by atoms with van der Waals surface area (Å²) in [5.74, 6) is 1.11. The number of nitrogens with zero attached hydrogens (tertiary/aromatic N) is 4. The topological polar surface area (TPSA) is 74.8 Å². The van der Waals surface area contributed by atoms with Gasteiger partial charge in [0.2, 0.25) is 0 Å². The van der Waals surface area contributed by atoms with Gasteiger partial charge in [-0.05, 0) is 36.2 Å². The Morgan fingerprint density at radius 2 is 2.08 bits per heavy atom. The van der Waals surface area contributed by atoms with Crippen LogP contribution in [0, 0.1) is 0 Å². The van der Waals surface area contributed by atoms with E-state index in [1.165, 1.54) is 11.9 Å². The molecular formula is C18H17N5O. The molecule has 1 fully saturated rings.